The molecule has 2 N–H and O–H groups in total. The summed E-state index contributed by atoms with van der Waals surface area (Å²) in [5.41, 5.74) is 0.754. The summed E-state index contributed by atoms with van der Waals surface area (Å²) in [7, 11) is 1.58. The lowest BCUT2D eigenvalue weighted by atomic mass is 10.0. The minimum Gasteiger partial charge on any atom is -0.441 e. The SMILES string of the molecule is COCCN(O)/C1=C/C(OC(=O)NCl)CCCCC1. The largest absolute Gasteiger partial charge is 0.441 e. The van der Waals surface area contributed by atoms with Crippen molar-refractivity contribution >= 4 is 17.9 Å². The first-order chi connectivity index (χ1) is 9.17. The van der Waals surface area contributed by atoms with Gasteiger partial charge in [0.25, 0.3) is 0 Å². The molecule has 1 aliphatic rings. The number of carbonyl (C=O) groups is 1. The van der Waals surface area contributed by atoms with E-state index in [0.717, 1.165) is 42.9 Å². The maximum Gasteiger partial charge on any atom is 0.422 e. The van der Waals surface area contributed by atoms with Crippen molar-refractivity contribution in [2.75, 3.05) is 20.3 Å². The first-order valence-corrected chi connectivity index (χ1v) is 6.78. The molecule has 0 aromatic heterocycles. The first kappa shape index (κ1) is 16.1. The van der Waals surface area contributed by atoms with Crippen LogP contribution in [0.15, 0.2) is 11.8 Å². The molecule has 1 amide bonds. The Morgan fingerprint density at radius 2 is 2.37 bits per heavy atom. The van der Waals surface area contributed by atoms with Crippen LogP contribution in [0, 0.1) is 0 Å². The molecule has 1 aliphatic carbocycles. The zero-order valence-electron chi connectivity index (χ0n) is 11.1. The molecule has 19 heavy (non-hydrogen) atoms. The molecular weight excluding hydrogens is 272 g/mol. The van der Waals surface area contributed by atoms with Crippen molar-refractivity contribution in [3.63, 3.8) is 0 Å². The zero-order valence-corrected chi connectivity index (χ0v) is 11.9. The topological polar surface area (TPSA) is 71.0 Å². The van der Waals surface area contributed by atoms with Crippen LogP contribution in [0.25, 0.3) is 0 Å². The van der Waals surface area contributed by atoms with E-state index in [4.69, 9.17) is 21.3 Å². The summed E-state index contributed by atoms with van der Waals surface area (Å²) >= 11 is 5.19. The molecule has 110 valence electrons. The number of amides is 1. The molecule has 0 saturated carbocycles. The highest BCUT2D eigenvalue weighted by Gasteiger charge is 2.17. The highest BCUT2D eigenvalue weighted by Crippen LogP contribution is 2.21. The molecule has 1 unspecified atom stereocenters. The summed E-state index contributed by atoms with van der Waals surface area (Å²) in [5.74, 6) is 0. The van der Waals surface area contributed by atoms with Gasteiger partial charge in [-0.3, -0.25) is 10.3 Å². The Morgan fingerprint density at radius 3 is 3.05 bits per heavy atom. The molecule has 0 saturated heterocycles. The summed E-state index contributed by atoms with van der Waals surface area (Å²) < 4.78 is 10.1. The third-order valence-corrected chi connectivity index (χ3v) is 3.13. The highest BCUT2D eigenvalue weighted by molar-refractivity contribution is 6.20. The van der Waals surface area contributed by atoms with Crippen molar-refractivity contribution in [1.29, 1.82) is 0 Å². The van der Waals surface area contributed by atoms with Crippen LogP contribution in [-0.4, -0.2) is 42.7 Å². The number of allylic oxidation sites excluding steroid dienone is 1. The average Bonchev–Trinajstić information content (AvgIpc) is 2.38. The van der Waals surface area contributed by atoms with Crippen LogP contribution in [-0.2, 0) is 9.47 Å². The van der Waals surface area contributed by atoms with Crippen LogP contribution in [0.1, 0.15) is 32.1 Å². The van der Waals surface area contributed by atoms with Gasteiger partial charge in [-0.1, -0.05) is 6.42 Å². The summed E-state index contributed by atoms with van der Waals surface area (Å²) in [4.78, 5) is 13.0. The quantitative estimate of drug-likeness (QED) is 0.601. The van der Waals surface area contributed by atoms with Gasteiger partial charge in [0, 0.05) is 24.6 Å². The van der Waals surface area contributed by atoms with Crippen molar-refractivity contribution in [1.82, 2.24) is 9.90 Å². The fourth-order valence-electron chi connectivity index (χ4n) is 2.00. The Labute approximate surface area is 118 Å². The zero-order chi connectivity index (χ0) is 14.1. The monoisotopic (exact) mass is 292 g/mol. The highest BCUT2D eigenvalue weighted by atomic mass is 35.5. The molecule has 0 spiro atoms. The van der Waals surface area contributed by atoms with E-state index in [0.29, 0.717) is 13.2 Å². The molecule has 1 atom stereocenters. The molecule has 0 aliphatic heterocycles. The standard InChI is InChI=1S/C12H21ClN2O4/c1-18-8-7-15(17)10-5-3-2-4-6-11(9-10)19-12(16)14-13/h9,11,17H,2-8H2,1H3,(H,14,16)/b10-9+. The van der Waals surface area contributed by atoms with Gasteiger partial charge >= 0.3 is 6.09 Å². The second-order valence-electron chi connectivity index (χ2n) is 4.41. The normalized spacial score (nSPS) is 22.7. The number of halogens is 1. The summed E-state index contributed by atoms with van der Waals surface area (Å²) in [6.07, 6.45) is 5.24. The van der Waals surface area contributed by atoms with Crippen molar-refractivity contribution in [3.05, 3.63) is 11.8 Å². The summed E-state index contributed by atoms with van der Waals surface area (Å²) in [6.45, 7) is 0.818. The Hall–Kier alpha value is -0.980. The van der Waals surface area contributed by atoms with Crippen LogP contribution in [0.4, 0.5) is 4.79 Å². The maximum absolute atomic E-state index is 11.1. The lowest BCUT2D eigenvalue weighted by molar-refractivity contribution is -0.0728. The maximum atomic E-state index is 11.1. The Bertz CT molecular complexity index is 312. The predicted molar refractivity (Wildman–Crippen MR) is 70.8 cm³/mol. The van der Waals surface area contributed by atoms with Crippen molar-refractivity contribution in [2.45, 2.75) is 38.2 Å². The van der Waals surface area contributed by atoms with Crippen LogP contribution in [0.5, 0.6) is 0 Å². The van der Waals surface area contributed by atoms with Gasteiger partial charge in [0.2, 0.25) is 0 Å². The number of hydrogen-bond acceptors (Lipinski definition) is 5. The summed E-state index contributed by atoms with van der Waals surface area (Å²) in [5, 5.41) is 11.1. The van der Waals surface area contributed by atoms with Crippen molar-refractivity contribution in [3.8, 4) is 0 Å². The van der Waals surface area contributed by atoms with Gasteiger partial charge in [-0.05, 0) is 31.8 Å². The third kappa shape index (κ3) is 6.13. The van der Waals surface area contributed by atoms with E-state index in [1.54, 1.807) is 13.2 Å². The fraction of sp³-hybridized carbons (Fsp3) is 0.750. The predicted octanol–water partition coefficient (Wildman–Crippen LogP) is 2.42. The van der Waals surface area contributed by atoms with E-state index in [1.807, 2.05) is 4.84 Å². The van der Waals surface area contributed by atoms with E-state index in [2.05, 4.69) is 0 Å². The van der Waals surface area contributed by atoms with Gasteiger partial charge in [0.15, 0.2) is 0 Å². The lowest BCUT2D eigenvalue weighted by Gasteiger charge is -2.24. The van der Waals surface area contributed by atoms with Crippen LogP contribution >= 0.6 is 11.8 Å². The second kappa shape index (κ2) is 9.01. The van der Waals surface area contributed by atoms with Crippen LogP contribution in [0.3, 0.4) is 0 Å². The van der Waals surface area contributed by atoms with Crippen LogP contribution < -0.4 is 4.84 Å². The van der Waals surface area contributed by atoms with Gasteiger partial charge in [0.1, 0.15) is 6.10 Å². The average molecular weight is 293 g/mol. The number of carbonyl (C=O) groups excluding carboxylic acids is 1. The number of hydrogen-bond donors (Lipinski definition) is 2. The van der Waals surface area contributed by atoms with Gasteiger partial charge < -0.3 is 9.47 Å². The third-order valence-electron chi connectivity index (χ3n) is 2.97. The number of rotatable bonds is 5. The second-order valence-corrected chi connectivity index (χ2v) is 4.60. The van der Waals surface area contributed by atoms with E-state index in [9.17, 15) is 10.0 Å². The minimum absolute atomic E-state index is 0.369. The molecule has 7 heteroatoms. The molecule has 6 nitrogen and oxygen atoms in total. The molecule has 0 fully saturated rings. The van der Waals surface area contributed by atoms with Crippen molar-refractivity contribution < 1.29 is 19.5 Å². The fourth-order valence-corrected chi connectivity index (χ4v) is 2.04. The van der Waals surface area contributed by atoms with E-state index in [1.165, 1.54) is 0 Å². The Kier molecular flexibility index (Phi) is 7.62. The number of ether oxygens (including phenoxy) is 2. The molecule has 0 bridgehead atoms. The first-order valence-electron chi connectivity index (χ1n) is 6.40. The van der Waals surface area contributed by atoms with Crippen LogP contribution in [0.2, 0.25) is 0 Å². The van der Waals surface area contributed by atoms with Gasteiger partial charge in [-0.2, -0.15) is 0 Å². The lowest BCUT2D eigenvalue weighted by Crippen LogP contribution is -2.27. The van der Waals surface area contributed by atoms with E-state index in [-0.39, 0.29) is 6.10 Å². The number of methoxy groups -OCH3 is 1. The van der Waals surface area contributed by atoms with Crippen molar-refractivity contribution in [2.24, 2.45) is 0 Å². The molecule has 0 heterocycles. The molecule has 0 aromatic carbocycles. The van der Waals surface area contributed by atoms with E-state index >= 15 is 0 Å². The molecular formula is C12H21ClN2O4. The number of nitrogens with zero attached hydrogens (tertiary/aromatic N) is 1. The van der Waals surface area contributed by atoms with Gasteiger partial charge in [0.05, 0.1) is 13.2 Å². The summed E-state index contributed by atoms with van der Waals surface area (Å²) in [6, 6.07) is 0. The number of hydroxylamine groups is 2. The smallest absolute Gasteiger partial charge is 0.422 e. The van der Waals surface area contributed by atoms with Gasteiger partial charge in [-0.25, -0.2) is 9.63 Å². The van der Waals surface area contributed by atoms with Gasteiger partial charge in [-0.15, -0.1) is 0 Å². The molecule has 0 radical (unpaired) electrons. The Morgan fingerprint density at radius 1 is 1.58 bits per heavy atom. The molecule has 0 aromatic rings. The molecule has 1 rings (SSSR count). The number of nitrogens with one attached hydrogen (secondary N) is 1. The van der Waals surface area contributed by atoms with E-state index < -0.39 is 6.09 Å². The Balaban J connectivity index is 2.66. The minimum atomic E-state index is -0.677.